The van der Waals surface area contributed by atoms with Crippen LogP contribution in [0.15, 0.2) is 54.6 Å². The zero-order chi connectivity index (χ0) is 16.7. The van der Waals surface area contributed by atoms with Crippen LogP contribution in [0, 0.1) is 0 Å². The molecule has 1 N–H and O–H groups in total. The van der Waals surface area contributed by atoms with Gasteiger partial charge < -0.3 is 10.1 Å². The van der Waals surface area contributed by atoms with Gasteiger partial charge in [0.15, 0.2) is 0 Å². The number of esters is 1. The van der Waals surface area contributed by atoms with Crippen LogP contribution < -0.4 is 5.32 Å². The van der Waals surface area contributed by atoms with Crippen LogP contribution in [-0.2, 0) is 9.53 Å². The summed E-state index contributed by atoms with van der Waals surface area (Å²) >= 11 is 5.80. The highest BCUT2D eigenvalue weighted by Gasteiger charge is 2.07. The highest BCUT2D eigenvalue weighted by Crippen LogP contribution is 2.13. The van der Waals surface area contributed by atoms with E-state index in [1.54, 1.807) is 49.4 Å². The average Bonchev–Trinajstić information content (AvgIpc) is 2.55. The Morgan fingerprint density at radius 1 is 1.17 bits per heavy atom. The molecule has 0 aliphatic rings. The van der Waals surface area contributed by atoms with E-state index >= 15 is 0 Å². The fourth-order valence-corrected chi connectivity index (χ4v) is 1.99. The molecule has 0 fully saturated rings. The molecule has 0 unspecified atom stereocenters. The molecule has 0 bridgehead atoms. The molecule has 0 aromatic heterocycles. The summed E-state index contributed by atoms with van der Waals surface area (Å²) in [5.74, 6) is -0.707. The quantitative estimate of drug-likeness (QED) is 0.661. The molecule has 4 nitrogen and oxygen atoms in total. The highest BCUT2D eigenvalue weighted by molar-refractivity contribution is 6.30. The molecule has 0 saturated carbocycles. The number of rotatable bonds is 5. The fourth-order valence-electron chi connectivity index (χ4n) is 1.87. The van der Waals surface area contributed by atoms with Crippen molar-refractivity contribution in [1.29, 1.82) is 0 Å². The van der Waals surface area contributed by atoms with Crippen molar-refractivity contribution in [1.82, 2.24) is 0 Å². The van der Waals surface area contributed by atoms with Crippen LogP contribution in [0.5, 0.6) is 0 Å². The van der Waals surface area contributed by atoms with Gasteiger partial charge in [0.2, 0.25) is 5.91 Å². The van der Waals surface area contributed by atoms with Gasteiger partial charge in [-0.3, -0.25) is 4.79 Å². The number of hydrogen-bond acceptors (Lipinski definition) is 3. The molecule has 2 rings (SSSR count). The molecule has 2 aromatic carbocycles. The molecule has 1 amide bonds. The third-order valence-corrected chi connectivity index (χ3v) is 3.19. The van der Waals surface area contributed by atoms with Gasteiger partial charge in [-0.05, 0) is 48.9 Å². The van der Waals surface area contributed by atoms with E-state index in [-0.39, 0.29) is 5.91 Å². The van der Waals surface area contributed by atoms with Gasteiger partial charge in [-0.15, -0.1) is 0 Å². The number of nitrogens with one attached hydrogen (secondary N) is 1. The number of hydrogen-bond donors (Lipinski definition) is 1. The van der Waals surface area contributed by atoms with E-state index in [0.717, 1.165) is 5.56 Å². The van der Waals surface area contributed by atoms with E-state index in [4.69, 9.17) is 16.3 Å². The predicted octanol–water partition coefficient (Wildman–Crippen LogP) is 4.17. The van der Waals surface area contributed by atoms with Crippen molar-refractivity contribution < 1.29 is 14.3 Å². The molecule has 0 saturated heterocycles. The highest BCUT2D eigenvalue weighted by atomic mass is 35.5. The molecule has 2 aromatic rings. The Labute approximate surface area is 139 Å². The lowest BCUT2D eigenvalue weighted by Gasteiger charge is -2.05. The van der Waals surface area contributed by atoms with Gasteiger partial charge in [0.05, 0.1) is 12.2 Å². The first kappa shape index (κ1) is 16.8. The van der Waals surface area contributed by atoms with Gasteiger partial charge in [-0.25, -0.2) is 4.79 Å². The van der Waals surface area contributed by atoms with Gasteiger partial charge in [0.1, 0.15) is 0 Å². The summed E-state index contributed by atoms with van der Waals surface area (Å²) in [4.78, 5) is 23.6. The number of carbonyl (C=O) groups excluding carboxylic acids is 2. The van der Waals surface area contributed by atoms with E-state index in [1.807, 2.05) is 12.1 Å². The largest absolute Gasteiger partial charge is 0.462 e. The van der Waals surface area contributed by atoms with Crippen molar-refractivity contribution in [2.45, 2.75) is 6.92 Å². The first-order valence-corrected chi connectivity index (χ1v) is 7.48. The van der Waals surface area contributed by atoms with Gasteiger partial charge in [0, 0.05) is 16.8 Å². The van der Waals surface area contributed by atoms with Gasteiger partial charge in [-0.1, -0.05) is 29.8 Å². The molecule has 5 heteroatoms. The molecule has 118 valence electrons. The van der Waals surface area contributed by atoms with Crippen molar-refractivity contribution >= 4 is 35.2 Å². The summed E-state index contributed by atoms with van der Waals surface area (Å²) in [6, 6.07) is 13.7. The molecule has 0 radical (unpaired) electrons. The summed E-state index contributed by atoms with van der Waals surface area (Å²) in [6.45, 7) is 2.05. The van der Waals surface area contributed by atoms with Crippen LogP contribution in [0.3, 0.4) is 0 Å². The number of halogens is 1. The maximum atomic E-state index is 11.9. The first-order chi connectivity index (χ1) is 11.1. The molecule has 0 heterocycles. The minimum atomic E-state index is -0.416. The molecular formula is C18H16ClNO3. The Morgan fingerprint density at radius 2 is 1.91 bits per heavy atom. The van der Waals surface area contributed by atoms with Crippen LogP contribution in [0.4, 0.5) is 5.69 Å². The monoisotopic (exact) mass is 329 g/mol. The van der Waals surface area contributed by atoms with E-state index < -0.39 is 5.97 Å². The molecule has 0 aliphatic heterocycles. The molecular weight excluding hydrogens is 314 g/mol. The molecule has 0 spiro atoms. The summed E-state index contributed by atoms with van der Waals surface area (Å²) in [6.07, 6.45) is 3.10. The maximum absolute atomic E-state index is 11.9. The second-order valence-corrected chi connectivity index (χ2v) is 5.11. The fraction of sp³-hybridized carbons (Fsp3) is 0.111. The van der Waals surface area contributed by atoms with Crippen molar-refractivity contribution in [2.75, 3.05) is 11.9 Å². The first-order valence-electron chi connectivity index (χ1n) is 7.10. The second-order valence-electron chi connectivity index (χ2n) is 4.68. The zero-order valence-corrected chi connectivity index (χ0v) is 13.3. The Bertz CT molecular complexity index is 723. The third kappa shape index (κ3) is 5.27. The number of benzene rings is 2. The molecule has 0 aliphatic carbocycles. The normalized spacial score (nSPS) is 10.5. The number of anilines is 1. The zero-order valence-electron chi connectivity index (χ0n) is 12.6. The van der Waals surface area contributed by atoms with Crippen molar-refractivity contribution in [3.63, 3.8) is 0 Å². The lowest BCUT2D eigenvalue weighted by Crippen LogP contribution is -2.09. The Hall–Kier alpha value is -2.59. The van der Waals surface area contributed by atoms with Gasteiger partial charge in [0.25, 0.3) is 0 Å². The summed E-state index contributed by atoms with van der Waals surface area (Å²) < 4.78 is 4.93. The lowest BCUT2D eigenvalue weighted by molar-refractivity contribution is -0.111. The standard InChI is InChI=1S/C18H16ClNO3/c1-2-23-18(22)14-4-3-5-16(12-14)20-17(21)11-8-13-6-9-15(19)10-7-13/h3-12H,2H2,1H3,(H,20,21). The van der Waals surface area contributed by atoms with Crippen molar-refractivity contribution in [3.05, 3.63) is 70.8 Å². The Balaban J connectivity index is 2.01. The summed E-state index contributed by atoms with van der Waals surface area (Å²) in [5, 5.41) is 3.34. The van der Waals surface area contributed by atoms with Crippen molar-refractivity contribution in [3.8, 4) is 0 Å². The number of carbonyl (C=O) groups is 2. The molecule has 23 heavy (non-hydrogen) atoms. The Morgan fingerprint density at radius 3 is 2.61 bits per heavy atom. The Kier molecular flexibility index (Phi) is 5.94. The lowest BCUT2D eigenvalue weighted by atomic mass is 10.2. The van der Waals surface area contributed by atoms with Crippen LogP contribution >= 0.6 is 11.6 Å². The predicted molar refractivity (Wildman–Crippen MR) is 91.5 cm³/mol. The van der Waals surface area contributed by atoms with E-state index in [2.05, 4.69) is 5.32 Å². The summed E-state index contributed by atoms with van der Waals surface area (Å²) in [5.41, 5.74) is 1.79. The van der Waals surface area contributed by atoms with Crippen LogP contribution in [-0.4, -0.2) is 18.5 Å². The smallest absolute Gasteiger partial charge is 0.338 e. The van der Waals surface area contributed by atoms with Crippen molar-refractivity contribution in [2.24, 2.45) is 0 Å². The number of amides is 1. The average molecular weight is 330 g/mol. The number of ether oxygens (including phenoxy) is 1. The summed E-state index contributed by atoms with van der Waals surface area (Å²) in [7, 11) is 0. The van der Waals surface area contributed by atoms with E-state index in [1.165, 1.54) is 6.08 Å². The van der Waals surface area contributed by atoms with Crippen LogP contribution in [0.25, 0.3) is 6.08 Å². The topological polar surface area (TPSA) is 55.4 Å². The van der Waals surface area contributed by atoms with E-state index in [9.17, 15) is 9.59 Å². The van der Waals surface area contributed by atoms with E-state index in [0.29, 0.717) is 22.9 Å². The van der Waals surface area contributed by atoms with Gasteiger partial charge >= 0.3 is 5.97 Å². The SMILES string of the molecule is CCOC(=O)c1cccc(NC(=O)C=Cc2ccc(Cl)cc2)c1. The maximum Gasteiger partial charge on any atom is 0.338 e. The van der Waals surface area contributed by atoms with Crippen LogP contribution in [0.2, 0.25) is 5.02 Å². The minimum absolute atomic E-state index is 0.291. The van der Waals surface area contributed by atoms with Gasteiger partial charge in [-0.2, -0.15) is 0 Å². The second kappa shape index (κ2) is 8.15. The third-order valence-electron chi connectivity index (χ3n) is 2.94. The minimum Gasteiger partial charge on any atom is -0.462 e. The molecule has 0 atom stereocenters. The van der Waals surface area contributed by atoms with Crippen LogP contribution in [0.1, 0.15) is 22.8 Å².